The molecule has 0 radical (unpaired) electrons. The predicted octanol–water partition coefficient (Wildman–Crippen LogP) is 4.37. The first-order valence-electron chi connectivity index (χ1n) is 7.86. The summed E-state index contributed by atoms with van der Waals surface area (Å²) in [7, 11) is 0. The molecule has 2 saturated heterocycles. The number of ether oxygens (including phenoxy) is 4. The summed E-state index contributed by atoms with van der Waals surface area (Å²) in [4.78, 5) is 0. The predicted molar refractivity (Wildman–Crippen MR) is 88.0 cm³/mol. The lowest BCUT2D eigenvalue weighted by atomic mass is 9.94. The van der Waals surface area contributed by atoms with Crippen molar-refractivity contribution in [2.75, 3.05) is 19.8 Å². The van der Waals surface area contributed by atoms with Gasteiger partial charge in [-0.2, -0.15) is 0 Å². The fourth-order valence-electron chi connectivity index (χ4n) is 2.94. The minimum Gasteiger partial charge on any atom is -0.403 e. The van der Waals surface area contributed by atoms with E-state index >= 15 is 0 Å². The molecule has 3 rings (SSSR count). The van der Waals surface area contributed by atoms with E-state index in [0.717, 1.165) is 18.6 Å². The topological polar surface area (TPSA) is 36.9 Å². The van der Waals surface area contributed by atoms with Gasteiger partial charge in [-0.05, 0) is 30.5 Å². The summed E-state index contributed by atoms with van der Waals surface area (Å²) in [6.45, 7) is 1.66. The number of benzene rings is 1. The van der Waals surface area contributed by atoms with E-state index in [0.29, 0.717) is 35.7 Å². The van der Waals surface area contributed by atoms with E-state index in [1.54, 1.807) is 0 Å². The highest BCUT2D eigenvalue weighted by molar-refractivity contribution is 14.1. The minimum absolute atomic E-state index is 0.0952. The molecule has 25 heavy (non-hydrogen) atoms. The molecule has 0 N–H and O–H groups in total. The van der Waals surface area contributed by atoms with Crippen LogP contribution in [0.2, 0.25) is 0 Å². The third-order valence-corrected chi connectivity index (χ3v) is 4.85. The summed E-state index contributed by atoms with van der Waals surface area (Å²) in [6.07, 6.45) is -4.21. The van der Waals surface area contributed by atoms with E-state index in [1.165, 1.54) is 6.07 Å². The van der Waals surface area contributed by atoms with Crippen molar-refractivity contribution in [2.45, 2.75) is 35.5 Å². The first-order valence-corrected chi connectivity index (χ1v) is 9.10. The maximum atomic E-state index is 13.8. The third-order valence-electron chi connectivity index (χ3n) is 4.13. The first-order chi connectivity index (χ1) is 11.8. The zero-order chi connectivity index (χ0) is 18.0. The van der Waals surface area contributed by atoms with Crippen LogP contribution in [0, 0.1) is 11.7 Å². The van der Waals surface area contributed by atoms with Crippen molar-refractivity contribution < 1.29 is 36.5 Å². The Hall–Kier alpha value is -0.650. The van der Waals surface area contributed by atoms with Gasteiger partial charge in [0.25, 0.3) is 0 Å². The Bertz CT molecular complexity index is 582. The lowest BCUT2D eigenvalue weighted by Crippen LogP contribution is -2.40. The smallest absolute Gasteiger partial charge is 0.403 e. The lowest BCUT2D eigenvalue weighted by Gasteiger charge is -2.36. The molecule has 2 unspecified atom stereocenters. The third kappa shape index (κ3) is 5.18. The SMILES string of the molecule is Fc1cc(C2CCC(C3OCC(I)CO3)CO2)ccc1OC(F)(F)F. The van der Waals surface area contributed by atoms with Gasteiger partial charge in [-0.15, -0.1) is 13.2 Å². The highest BCUT2D eigenvalue weighted by Crippen LogP contribution is 2.36. The number of rotatable bonds is 3. The average Bonchev–Trinajstić information content (AvgIpc) is 2.56. The van der Waals surface area contributed by atoms with Crippen LogP contribution in [0.25, 0.3) is 0 Å². The normalized spacial score (nSPS) is 30.9. The van der Waals surface area contributed by atoms with Gasteiger partial charge in [-0.1, -0.05) is 28.7 Å². The average molecular weight is 476 g/mol. The Morgan fingerprint density at radius 2 is 1.76 bits per heavy atom. The zero-order valence-corrected chi connectivity index (χ0v) is 15.3. The maximum Gasteiger partial charge on any atom is 0.573 e. The molecule has 2 heterocycles. The zero-order valence-electron chi connectivity index (χ0n) is 13.1. The van der Waals surface area contributed by atoms with Gasteiger partial charge in [0.2, 0.25) is 0 Å². The summed E-state index contributed by atoms with van der Waals surface area (Å²) in [5.41, 5.74) is 0.489. The van der Waals surface area contributed by atoms with Crippen molar-refractivity contribution in [3.05, 3.63) is 29.6 Å². The number of halogens is 5. The van der Waals surface area contributed by atoms with Crippen molar-refractivity contribution in [3.63, 3.8) is 0 Å². The first kappa shape index (κ1) is 19.1. The van der Waals surface area contributed by atoms with Crippen molar-refractivity contribution in [2.24, 2.45) is 5.92 Å². The van der Waals surface area contributed by atoms with Gasteiger partial charge in [0.05, 0.1) is 29.8 Å². The molecule has 0 bridgehead atoms. The van der Waals surface area contributed by atoms with E-state index in [4.69, 9.17) is 14.2 Å². The molecule has 9 heteroatoms. The summed E-state index contributed by atoms with van der Waals surface area (Å²) < 4.78 is 71.4. The van der Waals surface area contributed by atoms with Gasteiger partial charge in [-0.3, -0.25) is 0 Å². The van der Waals surface area contributed by atoms with Crippen LogP contribution >= 0.6 is 22.6 Å². The fraction of sp³-hybridized carbons (Fsp3) is 0.625. The summed E-state index contributed by atoms with van der Waals surface area (Å²) in [6, 6.07) is 3.39. The van der Waals surface area contributed by atoms with Gasteiger partial charge >= 0.3 is 6.36 Å². The molecule has 140 valence electrons. The van der Waals surface area contributed by atoms with Crippen LogP contribution in [0.4, 0.5) is 17.6 Å². The monoisotopic (exact) mass is 476 g/mol. The molecule has 0 amide bonds. The molecular formula is C16H17F4IO4. The van der Waals surface area contributed by atoms with Crippen molar-refractivity contribution >= 4 is 22.6 Å². The molecule has 0 saturated carbocycles. The highest BCUT2D eigenvalue weighted by Gasteiger charge is 2.34. The van der Waals surface area contributed by atoms with Crippen LogP contribution in [0.1, 0.15) is 24.5 Å². The number of hydrogen-bond donors (Lipinski definition) is 0. The molecule has 4 nitrogen and oxygen atoms in total. The molecule has 0 aromatic heterocycles. The lowest BCUT2D eigenvalue weighted by molar-refractivity contribution is -0.275. The standard InChI is InChI=1S/C16H17F4IO4/c17-12-5-9(1-4-14(12)25-16(18,19)20)13-3-2-10(6-22-13)15-23-7-11(21)8-24-15/h1,4-5,10-11,13,15H,2-3,6-8H2. The number of alkyl halides is 4. The highest BCUT2D eigenvalue weighted by atomic mass is 127. The molecule has 0 spiro atoms. The van der Waals surface area contributed by atoms with Gasteiger partial charge < -0.3 is 18.9 Å². The van der Waals surface area contributed by atoms with Gasteiger partial charge in [0.15, 0.2) is 17.9 Å². The second-order valence-corrected chi connectivity index (χ2v) is 7.79. The minimum atomic E-state index is -4.92. The Morgan fingerprint density at radius 3 is 2.32 bits per heavy atom. The number of hydrogen-bond acceptors (Lipinski definition) is 4. The van der Waals surface area contributed by atoms with E-state index < -0.39 is 17.9 Å². The van der Waals surface area contributed by atoms with Crippen LogP contribution in [0.5, 0.6) is 5.75 Å². The second kappa shape index (κ2) is 7.93. The van der Waals surface area contributed by atoms with Crippen molar-refractivity contribution in [1.82, 2.24) is 0 Å². The second-order valence-electron chi connectivity index (χ2n) is 6.03. The molecule has 0 aliphatic carbocycles. The Balaban J connectivity index is 1.57. The Labute approximate surface area is 155 Å². The van der Waals surface area contributed by atoms with Crippen LogP contribution in [-0.2, 0) is 14.2 Å². The maximum absolute atomic E-state index is 13.8. The summed E-state index contributed by atoms with van der Waals surface area (Å²) in [5.74, 6) is -1.81. The fourth-order valence-corrected chi connectivity index (χ4v) is 3.36. The van der Waals surface area contributed by atoms with Crippen LogP contribution < -0.4 is 4.74 Å². The molecule has 2 fully saturated rings. The Morgan fingerprint density at radius 1 is 1.04 bits per heavy atom. The molecular weight excluding hydrogens is 459 g/mol. The van der Waals surface area contributed by atoms with E-state index in [2.05, 4.69) is 27.3 Å². The van der Waals surface area contributed by atoms with Crippen LogP contribution in [-0.4, -0.2) is 36.4 Å². The van der Waals surface area contributed by atoms with Crippen molar-refractivity contribution in [3.8, 4) is 5.75 Å². The molecule has 1 aromatic rings. The summed E-state index contributed by atoms with van der Waals surface area (Å²) >= 11 is 2.26. The van der Waals surface area contributed by atoms with Gasteiger partial charge in [0.1, 0.15) is 0 Å². The van der Waals surface area contributed by atoms with Crippen molar-refractivity contribution in [1.29, 1.82) is 0 Å². The largest absolute Gasteiger partial charge is 0.573 e. The van der Waals surface area contributed by atoms with E-state index in [9.17, 15) is 17.6 Å². The van der Waals surface area contributed by atoms with Gasteiger partial charge in [-0.25, -0.2) is 4.39 Å². The quantitative estimate of drug-likeness (QED) is 0.369. The van der Waals surface area contributed by atoms with Crippen LogP contribution in [0.3, 0.4) is 0 Å². The van der Waals surface area contributed by atoms with E-state index in [-0.39, 0.29) is 18.3 Å². The molecule has 2 aliphatic rings. The molecule has 2 aliphatic heterocycles. The molecule has 2 atom stereocenters. The van der Waals surface area contributed by atoms with E-state index in [1.807, 2.05) is 0 Å². The molecule has 1 aromatic carbocycles. The van der Waals surface area contributed by atoms with Gasteiger partial charge in [0, 0.05) is 5.92 Å². The summed E-state index contributed by atoms with van der Waals surface area (Å²) in [5, 5.41) is 0. The van der Waals surface area contributed by atoms with Crippen LogP contribution in [0.15, 0.2) is 18.2 Å². The Kier molecular flexibility index (Phi) is 6.07.